The summed E-state index contributed by atoms with van der Waals surface area (Å²) in [6.07, 6.45) is 0.738. The molecule has 0 saturated heterocycles. The van der Waals surface area contributed by atoms with E-state index in [1.54, 1.807) is 0 Å². The van der Waals surface area contributed by atoms with Crippen molar-refractivity contribution >= 4 is 23.2 Å². The van der Waals surface area contributed by atoms with E-state index in [0.717, 1.165) is 13.0 Å². The number of hydrogen-bond acceptors (Lipinski definition) is 1. The number of hydrogen-bond donors (Lipinski definition) is 0. The van der Waals surface area contributed by atoms with Gasteiger partial charge in [-0.2, -0.15) is 0 Å². The molecule has 0 aliphatic heterocycles. The normalized spacial score (nSPS) is 11.3. The molecular weight excluding hydrogens is 299 g/mol. The molecular formula is C21H22OP+. The lowest BCUT2D eigenvalue weighted by molar-refractivity contribution is 0.196. The van der Waals surface area contributed by atoms with Crippen molar-refractivity contribution < 1.29 is 4.74 Å². The highest BCUT2D eigenvalue weighted by molar-refractivity contribution is 7.95. The lowest BCUT2D eigenvalue weighted by Gasteiger charge is -2.27. The van der Waals surface area contributed by atoms with E-state index in [-0.39, 0.29) is 0 Å². The first-order valence-electron chi connectivity index (χ1n) is 8.00. The summed E-state index contributed by atoms with van der Waals surface area (Å²) in [5.41, 5.74) is 0. The Morgan fingerprint density at radius 3 is 1.26 bits per heavy atom. The average Bonchev–Trinajstić information content (AvgIpc) is 2.65. The number of ether oxygens (including phenoxy) is 1. The molecule has 2 heteroatoms. The second-order valence-electron chi connectivity index (χ2n) is 5.44. The molecule has 116 valence electrons. The van der Waals surface area contributed by atoms with Crippen LogP contribution in [0.1, 0.15) is 6.92 Å². The lowest BCUT2D eigenvalue weighted by atomic mass is 10.4. The standard InChI is InChI=1S/C21H22OP/c1-2-22-18-23(19-12-6-3-7-13-19,20-14-8-4-9-15-20)21-16-10-5-11-17-21/h3-17H,2,18H2,1H3/q+1. The van der Waals surface area contributed by atoms with Crippen molar-refractivity contribution in [1.82, 2.24) is 0 Å². The van der Waals surface area contributed by atoms with Gasteiger partial charge in [-0.3, -0.25) is 0 Å². The maximum atomic E-state index is 6.01. The van der Waals surface area contributed by atoms with Crippen LogP contribution in [0.2, 0.25) is 0 Å². The zero-order valence-corrected chi connectivity index (χ0v) is 14.3. The topological polar surface area (TPSA) is 9.23 Å². The third-order valence-corrected chi connectivity index (χ3v) is 8.19. The highest BCUT2D eigenvalue weighted by Crippen LogP contribution is 2.55. The third kappa shape index (κ3) is 3.22. The average molecular weight is 321 g/mol. The molecule has 0 atom stereocenters. The fourth-order valence-corrected chi connectivity index (χ4v) is 6.79. The summed E-state index contributed by atoms with van der Waals surface area (Å²) in [5.74, 6) is 0. The molecule has 23 heavy (non-hydrogen) atoms. The maximum Gasteiger partial charge on any atom is 0.171 e. The van der Waals surface area contributed by atoms with Gasteiger partial charge < -0.3 is 4.74 Å². The van der Waals surface area contributed by atoms with E-state index in [9.17, 15) is 0 Å². The minimum Gasteiger partial charge on any atom is -0.345 e. The molecule has 0 amide bonds. The van der Waals surface area contributed by atoms with Crippen molar-refractivity contribution in [2.24, 2.45) is 0 Å². The van der Waals surface area contributed by atoms with E-state index in [2.05, 4.69) is 97.9 Å². The second kappa shape index (κ2) is 7.55. The van der Waals surface area contributed by atoms with E-state index >= 15 is 0 Å². The smallest absolute Gasteiger partial charge is 0.171 e. The minimum absolute atomic E-state index is 0.730. The van der Waals surface area contributed by atoms with Crippen LogP contribution in [-0.2, 0) is 4.74 Å². The Labute approximate surface area is 139 Å². The summed E-state index contributed by atoms with van der Waals surface area (Å²) in [6, 6.07) is 32.5. The van der Waals surface area contributed by atoms with Crippen LogP contribution < -0.4 is 15.9 Å². The summed E-state index contributed by atoms with van der Waals surface area (Å²) in [7, 11) is -1.79. The first-order valence-corrected chi connectivity index (χ1v) is 9.98. The fraction of sp³-hybridized carbons (Fsp3) is 0.143. The summed E-state index contributed by atoms with van der Waals surface area (Å²) in [5, 5.41) is 4.10. The Bertz CT molecular complexity index is 614. The summed E-state index contributed by atoms with van der Waals surface area (Å²) in [6.45, 7) is 2.80. The molecule has 0 aliphatic rings. The highest BCUT2D eigenvalue weighted by Gasteiger charge is 2.45. The molecule has 0 bridgehead atoms. The summed E-state index contributed by atoms with van der Waals surface area (Å²) < 4.78 is 6.01. The summed E-state index contributed by atoms with van der Waals surface area (Å²) >= 11 is 0. The van der Waals surface area contributed by atoms with Crippen LogP contribution in [0.5, 0.6) is 0 Å². The van der Waals surface area contributed by atoms with Crippen molar-refractivity contribution in [3.05, 3.63) is 91.0 Å². The minimum atomic E-state index is -1.79. The Morgan fingerprint density at radius 2 is 0.957 bits per heavy atom. The van der Waals surface area contributed by atoms with Gasteiger partial charge in [-0.1, -0.05) is 54.6 Å². The van der Waals surface area contributed by atoms with Gasteiger partial charge in [0.1, 0.15) is 23.2 Å². The highest BCUT2D eigenvalue weighted by atomic mass is 31.2. The second-order valence-corrected chi connectivity index (χ2v) is 8.87. The summed E-state index contributed by atoms with van der Waals surface area (Å²) in [4.78, 5) is 0. The zero-order chi connectivity index (χ0) is 16.0. The molecule has 0 unspecified atom stereocenters. The maximum absolute atomic E-state index is 6.01. The first kappa shape index (κ1) is 15.9. The van der Waals surface area contributed by atoms with Crippen LogP contribution in [0.4, 0.5) is 0 Å². The van der Waals surface area contributed by atoms with Crippen LogP contribution >= 0.6 is 7.26 Å². The van der Waals surface area contributed by atoms with Crippen molar-refractivity contribution in [1.29, 1.82) is 0 Å². The van der Waals surface area contributed by atoms with Crippen LogP contribution in [0.15, 0.2) is 91.0 Å². The van der Waals surface area contributed by atoms with Crippen molar-refractivity contribution in [3.8, 4) is 0 Å². The number of rotatable bonds is 6. The van der Waals surface area contributed by atoms with Crippen LogP contribution in [0.3, 0.4) is 0 Å². The van der Waals surface area contributed by atoms with Gasteiger partial charge in [0.15, 0.2) is 6.35 Å². The molecule has 0 radical (unpaired) electrons. The monoisotopic (exact) mass is 321 g/mol. The molecule has 3 aromatic rings. The predicted molar refractivity (Wildman–Crippen MR) is 102 cm³/mol. The van der Waals surface area contributed by atoms with E-state index in [4.69, 9.17) is 4.74 Å². The van der Waals surface area contributed by atoms with Crippen molar-refractivity contribution in [2.75, 3.05) is 13.0 Å². The van der Waals surface area contributed by atoms with Gasteiger partial charge in [-0.05, 0) is 43.3 Å². The molecule has 0 saturated carbocycles. The molecule has 0 aliphatic carbocycles. The van der Waals surface area contributed by atoms with Crippen molar-refractivity contribution in [3.63, 3.8) is 0 Å². The molecule has 0 heterocycles. The Kier molecular flexibility index (Phi) is 5.23. The third-order valence-electron chi connectivity index (χ3n) is 4.08. The van der Waals surface area contributed by atoms with E-state index in [1.807, 2.05) is 0 Å². The van der Waals surface area contributed by atoms with Gasteiger partial charge in [-0.15, -0.1) is 0 Å². The zero-order valence-electron chi connectivity index (χ0n) is 13.4. The Hall–Kier alpha value is -1.95. The van der Waals surface area contributed by atoms with E-state index in [0.29, 0.717) is 0 Å². The van der Waals surface area contributed by atoms with E-state index in [1.165, 1.54) is 15.9 Å². The quantitative estimate of drug-likeness (QED) is 0.624. The fourth-order valence-electron chi connectivity index (χ4n) is 2.95. The van der Waals surface area contributed by atoms with Gasteiger partial charge in [0, 0.05) is 6.61 Å². The van der Waals surface area contributed by atoms with Crippen LogP contribution in [-0.4, -0.2) is 13.0 Å². The largest absolute Gasteiger partial charge is 0.345 e. The SMILES string of the molecule is CCOC[P+](c1ccccc1)(c1ccccc1)c1ccccc1. The lowest BCUT2D eigenvalue weighted by Crippen LogP contribution is -2.34. The Morgan fingerprint density at radius 1 is 0.609 bits per heavy atom. The molecule has 3 aromatic carbocycles. The van der Waals surface area contributed by atoms with Gasteiger partial charge >= 0.3 is 0 Å². The van der Waals surface area contributed by atoms with Gasteiger partial charge in [0.05, 0.1) is 0 Å². The molecule has 3 rings (SSSR count). The molecule has 1 nitrogen and oxygen atoms in total. The van der Waals surface area contributed by atoms with Crippen LogP contribution in [0.25, 0.3) is 0 Å². The molecule has 0 aromatic heterocycles. The molecule has 0 N–H and O–H groups in total. The van der Waals surface area contributed by atoms with Gasteiger partial charge in [0.25, 0.3) is 0 Å². The molecule has 0 fully saturated rings. The predicted octanol–water partition coefficient (Wildman–Crippen LogP) is 3.97. The van der Waals surface area contributed by atoms with Crippen molar-refractivity contribution in [2.45, 2.75) is 6.92 Å². The number of benzene rings is 3. The van der Waals surface area contributed by atoms with Gasteiger partial charge in [-0.25, -0.2) is 0 Å². The van der Waals surface area contributed by atoms with Gasteiger partial charge in [0.2, 0.25) is 0 Å². The Balaban J connectivity index is 2.25. The van der Waals surface area contributed by atoms with E-state index < -0.39 is 7.26 Å². The van der Waals surface area contributed by atoms with Crippen LogP contribution in [0, 0.1) is 0 Å². The first-order chi connectivity index (χ1) is 11.4. The molecule has 0 spiro atoms.